The maximum absolute atomic E-state index is 12.0. The first-order chi connectivity index (χ1) is 10.8. The van der Waals surface area contributed by atoms with Gasteiger partial charge in [-0.1, -0.05) is 24.3 Å². The van der Waals surface area contributed by atoms with Crippen LogP contribution in [0.3, 0.4) is 0 Å². The van der Waals surface area contributed by atoms with Crippen molar-refractivity contribution in [3.8, 4) is 0 Å². The molecule has 0 saturated carbocycles. The lowest BCUT2D eigenvalue weighted by atomic mass is 10.1. The Morgan fingerprint density at radius 3 is 2.95 bits per heavy atom. The van der Waals surface area contributed by atoms with Crippen molar-refractivity contribution < 1.29 is 4.79 Å². The number of para-hydroxylation sites is 1. The normalized spacial score (nSPS) is 10.7. The molecule has 2 aromatic heterocycles. The number of aryl methyl sites for hydroxylation is 1. The minimum absolute atomic E-state index is 0.0657. The van der Waals surface area contributed by atoms with Gasteiger partial charge < -0.3 is 10.3 Å². The van der Waals surface area contributed by atoms with E-state index in [4.69, 9.17) is 0 Å². The number of fused-ring (bicyclic) bond motifs is 1. The summed E-state index contributed by atoms with van der Waals surface area (Å²) in [5.74, 6) is 0.0657. The number of pyridine rings is 1. The molecule has 0 atom stereocenters. The van der Waals surface area contributed by atoms with Crippen LogP contribution in [-0.2, 0) is 17.6 Å². The second-order valence-electron chi connectivity index (χ2n) is 5.35. The van der Waals surface area contributed by atoms with Crippen molar-refractivity contribution in [2.45, 2.75) is 19.3 Å². The first kappa shape index (κ1) is 14.3. The van der Waals surface area contributed by atoms with Gasteiger partial charge >= 0.3 is 0 Å². The number of carbonyl (C=O) groups excluding carboxylic acids is 1. The molecule has 0 radical (unpaired) electrons. The Balaban J connectivity index is 1.47. The Bertz CT molecular complexity index is 749. The third kappa shape index (κ3) is 3.52. The molecule has 4 heteroatoms. The lowest BCUT2D eigenvalue weighted by Crippen LogP contribution is -2.26. The Kier molecular flexibility index (Phi) is 4.49. The third-order valence-electron chi connectivity index (χ3n) is 3.71. The third-order valence-corrected chi connectivity index (χ3v) is 3.71. The van der Waals surface area contributed by atoms with Gasteiger partial charge in [0.1, 0.15) is 0 Å². The van der Waals surface area contributed by atoms with Gasteiger partial charge in [-0.05, 0) is 36.1 Å². The van der Waals surface area contributed by atoms with Crippen molar-refractivity contribution in [1.82, 2.24) is 15.3 Å². The molecule has 22 heavy (non-hydrogen) atoms. The van der Waals surface area contributed by atoms with Gasteiger partial charge in [0.2, 0.25) is 5.91 Å². The first-order valence-electron chi connectivity index (χ1n) is 7.53. The Morgan fingerprint density at radius 1 is 1.18 bits per heavy atom. The quantitative estimate of drug-likeness (QED) is 0.687. The van der Waals surface area contributed by atoms with Crippen LogP contribution in [0.25, 0.3) is 10.9 Å². The summed E-state index contributed by atoms with van der Waals surface area (Å²) >= 11 is 0. The zero-order valence-electron chi connectivity index (χ0n) is 12.4. The van der Waals surface area contributed by atoms with Gasteiger partial charge in [-0.15, -0.1) is 0 Å². The SMILES string of the molecule is O=C(Cc1c[nH]c2ccccc12)NCCCc1cccnc1. The van der Waals surface area contributed by atoms with E-state index in [0.29, 0.717) is 13.0 Å². The van der Waals surface area contributed by atoms with E-state index in [1.807, 2.05) is 42.7 Å². The van der Waals surface area contributed by atoms with Crippen LogP contribution in [-0.4, -0.2) is 22.4 Å². The van der Waals surface area contributed by atoms with E-state index in [9.17, 15) is 4.79 Å². The second kappa shape index (κ2) is 6.89. The van der Waals surface area contributed by atoms with Gasteiger partial charge in [0.25, 0.3) is 0 Å². The van der Waals surface area contributed by atoms with Crippen molar-refractivity contribution in [2.75, 3.05) is 6.54 Å². The van der Waals surface area contributed by atoms with Crippen LogP contribution < -0.4 is 5.32 Å². The molecule has 112 valence electrons. The molecule has 0 saturated heterocycles. The highest BCUT2D eigenvalue weighted by atomic mass is 16.1. The molecule has 4 nitrogen and oxygen atoms in total. The predicted octanol–water partition coefficient (Wildman–Crippen LogP) is 2.85. The van der Waals surface area contributed by atoms with E-state index in [1.54, 1.807) is 6.20 Å². The molecule has 3 rings (SSSR count). The number of H-pyrrole nitrogens is 1. The number of benzene rings is 1. The number of aromatic amines is 1. The average molecular weight is 293 g/mol. The fourth-order valence-electron chi connectivity index (χ4n) is 2.58. The van der Waals surface area contributed by atoms with Crippen molar-refractivity contribution in [1.29, 1.82) is 0 Å². The maximum atomic E-state index is 12.0. The zero-order chi connectivity index (χ0) is 15.2. The summed E-state index contributed by atoms with van der Waals surface area (Å²) in [4.78, 5) is 19.3. The van der Waals surface area contributed by atoms with Gasteiger partial charge in [-0.3, -0.25) is 9.78 Å². The molecule has 1 aromatic carbocycles. The zero-order valence-corrected chi connectivity index (χ0v) is 12.4. The summed E-state index contributed by atoms with van der Waals surface area (Å²) in [7, 11) is 0. The summed E-state index contributed by atoms with van der Waals surface area (Å²) in [5, 5.41) is 4.10. The molecule has 3 aromatic rings. The van der Waals surface area contributed by atoms with E-state index in [1.165, 1.54) is 5.56 Å². The number of carbonyl (C=O) groups is 1. The summed E-state index contributed by atoms with van der Waals surface area (Å²) in [5.41, 5.74) is 3.32. The lowest BCUT2D eigenvalue weighted by molar-refractivity contribution is -0.120. The fraction of sp³-hybridized carbons (Fsp3) is 0.222. The molecule has 0 aliphatic heterocycles. The maximum Gasteiger partial charge on any atom is 0.224 e. The Labute approximate surface area is 129 Å². The first-order valence-corrected chi connectivity index (χ1v) is 7.53. The Hall–Kier alpha value is -2.62. The number of nitrogens with zero attached hydrogens (tertiary/aromatic N) is 1. The summed E-state index contributed by atoms with van der Waals surface area (Å²) in [6.45, 7) is 0.691. The van der Waals surface area contributed by atoms with Crippen LogP contribution in [0.2, 0.25) is 0 Å². The second-order valence-corrected chi connectivity index (χ2v) is 5.35. The predicted molar refractivity (Wildman–Crippen MR) is 87.6 cm³/mol. The van der Waals surface area contributed by atoms with E-state index < -0.39 is 0 Å². The summed E-state index contributed by atoms with van der Waals surface area (Å²) < 4.78 is 0. The summed E-state index contributed by atoms with van der Waals surface area (Å²) in [6, 6.07) is 12.0. The number of aromatic nitrogens is 2. The highest BCUT2D eigenvalue weighted by Crippen LogP contribution is 2.17. The highest BCUT2D eigenvalue weighted by molar-refractivity contribution is 5.88. The fourth-order valence-corrected chi connectivity index (χ4v) is 2.58. The van der Waals surface area contributed by atoms with Gasteiger partial charge in [0, 0.05) is 36.0 Å². The number of amides is 1. The summed E-state index contributed by atoms with van der Waals surface area (Å²) in [6.07, 6.45) is 7.82. The highest BCUT2D eigenvalue weighted by Gasteiger charge is 2.07. The van der Waals surface area contributed by atoms with Crippen molar-refractivity contribution in [2.24, 2.45) is 0 Å². The molecule has 0 unspecified atom stereocenters. The average Bonchev–Trinajstić information content (AvgIpc) is 2.96. The molecular weight excluding hydrogens is 274 g/mol. The van der Waals surface area contributed by atoms with Gasteiger partial charge in [-0.25, -0.2) is 0 Å². The topological polar surface area (TPSA) is 57.8 Å². The molecule has 0 aliphatic carbocycles. The molecule has 1 amide bonds. The van der Waals surface area contributed by atoms with Gasteiger partial charge in [0.05, 0.1) is 6.42 Å². The molecule has 0 fully saturated rings. The standard InChI is InChI=1S/C18H19N3O/c22-18(20-10-4-6-14-5-3-9-19-12-14)11-15-13-21-17-8-2-1-7-16(15)17/h1-3,5,7-9,12-13,21H,4,6,10-11H2,(H,20,22). The smallest absolute Gasteiger partial charge is 0.224 e. The largest absolute Gasteiger partial charge is 0.361 e. The van der Waals surface area contributed by atoms with Crippen LogP contribution in [0.5, 0.6) is 0 Å². The van der Waals surface area contributed by atoms with Crippen LogP contribution >= 0.6 is 0 Å². The molecule has 0 bridgehead atoms. The van der Waals surface area contributed by atoms with Crippen LogP contribution in [0.1, 0.15) is 17.5 Å². The van der Waals surface area contributed by atoms with E-state index in [0.717, 1.165) is 29.3 Å². The van der Waals surface area contributed by atoms with Crippen molar-refractivity contribution >= 4 is 16.8 Å². The molecule has 2 heterocycles. The van der Waals surface area contributed by atoms with Crippen LogP contribution in [0, 0.1) is 0 Å². The van der Waals surface area contributed by atoms with E-state index >= 15 is 0 Å². The number of rotatable bonds is 6. The molecule has 2 N–H and O–H groups in total. The van der Waals surface area contributed by atoms with Gasteiger partial charge in [-0.2, -0.15) is 0 Å². The number of hydrogen-bond donors (Lipinski definition) is 2. The van der Waals surface area contributed by atoms with Crippen LogP contribution in [0.4, 0.5) is 0 Å². The number of hydrogen-bond acceptors (Lipinski definition) is 2. The van der Waals surface area contributed by atoms with Crippen LogP contribution in [0.15, 0.2) is 55.0 Å². The molecule has 0 spiro atoms. The Morgan fingerprint density at radius 2 is 2.09 bits per heavy atom. The minimum atomic E-state index is 0.0657. The van der Waals surface area contributed by atoms with Gasteiger partial charge in [0.15, 0.2) is 0 Å². The van der Waals surface area contributed by atoms with E-state index in [-0.39, 0.29) is 5.91 Å². The monoisotopic (exact) mass is 293 g/mol. The lowest BCUT2D eigenvalue weighted by Gasteiger charge is -2.05. The molecular formula is C18H19N3O. The van der Waals surface area contributed by atoms with Crippen molar-refractivity contribution in [3.63, 3.8) is 0 Å². The minimum Gasteiger partial charge on any atom is -0.361 e. The number of nitrogens with one attached hydrogen (secondary N) is 2. The van der Waals surface area contributed by atoms with E-state index in [2.05, 4.69) is 21.4 Å². The molecule has 0 aliphatic rings. The van der Waals surface area contributed by atoms with Crippen molar-refractivity contribution in [3.05, 3.63) is 66.1 Å².